The van der Waals surface area contributed by atoms with E-state index in [0.717, 1.165) is 0 Å². The number of benzene rings is 2. The molecule has 0 aromatic heterocycles. The smallest absolute Gasteiger partial charge is 0.227 e. The Hall–Kier alpha value is -2.86. The number of hydrogen-bond acceptors (Lipinski definition) is 5. The molecule has 0 bridgehead atoms. The van der Waals surface area contributed by atoms with E-state index in [2.05, 4.69) is 5.32 Å². The van der Waals surface area contributed by atoms with Crippen LogP contribution in [0.3, 0.4) is 0 Å². The van der Waals surface area contributed by atoms with Crippen LogP contribution in [0.2, 0.25) is 0 Å². The Kier molecular flexibility index (Phi) is 6.58. The largest absolute Gasteiger partial charge is 0.494 e. The highest BCUT2D eigenvalue weighted by Crippen LogP contribution is 2.24. The van der Waals surface area contributed by atoms with Crippen molar-refractivity contribution in [2.24, 2.45) is 0 Å². The van der Waals surface area contributed by atoms with Gasteiger partial charge in [0.05, 0.1) is 24.3 Å². The predicted molar refractivity (Wildman–Crippen MR) is 109 cm³/mol. The zero-order valence-corrected chi connectivity index (χ0v) is 16.0. The second-order valence-electron chi connectivity index (χ2n) is 6.71. The van der Waals surface area contributed by atoms with Gasteiger partial charge >= 0.3 is 0 Å². The van der Waals surface area contributed by atoms with E-state index >= 15 is 0 Å². The summed E-state index contributed by atoms with van der Waals surface area (Å²) in [5.74, 6) is 0.395. The van der Waals surface area contributed by atoms with Crippen LogP contribution in [-0.2, 0) is 4.79 Å². The third-order valence-electron chi connectivity index (χ3n) is 4.34. The summed E-state index contributed by atoms with van der Waals surface area (Å²) in [6.45, 7) is 5.90. The predicted octanol–water partition coefficient (Wildman–Crippen LogP) is 3.57. The average molecular weight is 369 g/mol. The molecule has 6 nitrogen and oxygen atoms in total. The van der Waals surface area contributed by atoms with Gasteiger partial charge in [-0.2, -0.15) is 0 Å². The zero-order chi connectivity index (χ0) is 20.0. The molecule has 2 aromatic carbocycles. The molecule has 1 atom stereocenters. The molecule has 6 heteroatoms. The molecule has 144 valence electrons. The molecule has 0 heterocycles. The monoisotopic (exact) mass is 369 g/mol. The van der Waals surface area contributed by atoms with Crippen molar-refractivity contribution in [1.82, 2.24) is 0 Å². The number of nitrogens with two attached hydrogens (primary N) is 1. The minimum atomic E-state index is -1.05. The lowest BCUT2D eigenvalue weighted by molar-refractivity contribution is -0.120. The molecule has 0 aliphatic carbocycles. The van der Waals surface area contributed by atoms with E-state index in [1.54, 1.807) is 31.2 Å². The summed E-state index contributed by atoms with van der Waals surface area (Å²) in [7, 11) is 0. The van der Waals surface area contributed by atoms with Crippen molar-refractivity contribution in [3.8, 4) is 5.75 Å². The van der Waals surface area contributed by atoms with Crippen molar-refractivity contribution in [2.75, 3.05) is 17.7 Å². The SMILES string of the molecule is CCOc1cccc(C(=N)c2cc(NC(=O)CC(C)(O)CC)ccc2N)c1. The number of ether oxygens (including phenoxy) is 1. The Morgan fingerprint density at radius 3 is 2.67 bits per heavy atom. The maximum atomic E-state index is 12.2. The van der Waals surface area contributed by atoms with Crippen molar-refractivity contribution in [3.05, 3.63) is 53.6 Å². The Bertz CT molecular complexity index is 831. The van der Waals surface area contributed by atoms with Crippen LogP contribution >= 0.6 is 0 Å². The van der Waals surface area contributed by atoms with Crippen LogP contribution in [0.15, 0.2) is 42.5 Å². The number of carbonyl (C=O) groups is 1. The number of anilines is 2. The summed E-state index contributed by atoms with van der Waals surface area (Å²) in [6.07, 6.45) is 0.477. The third-order valence-corrected chi connectivity index (χ3v) is 4.34. The van der Waals surface area contributed by atoms with E-state index in [-0.39, 0.29) is 18.0 Å². The van der Waals surface area contributed by atoms with Gasteiger partial charge in [0.2, 0.25) is 5.91 Å². The fourth-order valence-corrected chi connectivity index (χ4v) is 2.59. The summed E-state index contributed by atoms with van der Waals surface area (Å²) < 4.78 is 5.49. The van der Waals surface area contributed by atoms with Gasteiger partial charge < -0.3 is 20.9 Å². The van der Waals surface area contributed by atoms with Gasteiger partial charge in [-0.15, -0.1) is 0 Å². The molecule has 0 fully saturated rings. The lowest BCUT2D eigenvalue weighted by Gasteiger charge is -2.20. The number of nitrogens with one attached hydrogen (secondary N) is 2. The molecule has 0 aliphatic heterocycles. The minimum absolute atomic E-state index is 0.00292. The van der Waals surface area contributed by atoms with E-state index in [1.807, 2.05) is 32.0 Å². The van der Waals surface area contributed by atoms with Crippen LogP contribution in [0.5, 0.6) is 5.75 Å². The Balaban J connectivity index is 2.23. The quantitative estimate of drug-likeness (QED) is 0.421. The average Bonchev–Trinajstić information content (AvgIpc) is 2.63. The Morgan fingerprint density at radius 2 is 2.00 bits per heavy atom. The Labute approximate surface area is 159 Å². The summed E-state index contributed by atoms with van der Waals surface area (Å²) >= 11 is 0. The first-order chi connectivity index (χ1) is 12.8. The lowest BCUT2D eigenvalue weighted by Crippen LogP contribution is -2.29. The molecule has 27 heavy (non-hydrogen) atoms. The molecular weight excluding hydrogens is 342 g/mol. The fourth-order valence-electron chi connectivity index (χ4n) is 2.59. The molecule has 0 radical (unpaired) electrons. The highest BCUT2D eigenvalue weighted by Gasteiger charge is 2.22. The molecule has 2 aromatic rings. The van der Waals surface area contributed by atoms with Gasteiger partial charge in [0.25, 0.3) is 0 Å². The summed E-state index contributed by atoms with van der Waals surface area (Å²) in [5.41, 5.74) is 7.41. The highest BCUT2D eigenvalue weighted by atomic mass is 16.5. The molecule has 0 spiro atoms. The zero-order valence-electron chi connectivity index (χ0n) is 16.0. The van der Waals surface area contributed by atoms with Gasteiger partial charge in [-0.3, -0.25) is 10.2 Å². The van der Waals surface area contributed by atoms with Gasteiger partial charge in [-0.05, 0) is 50.6 Å². The van der Waals surface area contributed by atoms with Crippen molar-refractivity contribution in [1.29, 1.82) is 5.41 Å². The van der Waals surface area contributed by atoms with Crippen molar-refractivity contribution < 1.29 is 14.6 Å². The van der Waals surface area contributed by atoms with Gasteiger partial charge in [-0.25, -0.2) is 0 Å². The summed E-state index contributed by atoms with van der Waals surface area (Å²) in [5, 5.41) is 21.3. The first-order valence-corrected chi connectivity index (χ1v) is 8.99. The van der Waals surface area contributed by atoms with Gasteiger partial charge in [0.15, 0.2) is 0 Å². The van der Waals surface area contributed by atoms with Crippen molar-refractivity contribution in [2.45, 2.75) is 39.2 Å². The molecule has 1 amide bonds. The van der Waals surface area contributed by atoms with Crippen LogP contribution in [0, 0.1) is 5.41 Å². The van der Waals surface area contributed by atoms with Crippen LogP contribution in [0.25, 0.3) is 0 Å². The van der Waals surface area contributed by atoms with Crippen molar-refractivity contribution >= 4 is 23.0 Å². The van der Waals surface area contributed by atoms with Crippen LogP contribution < -0.4 is 15.8 Å². The highest BCUT2D eigenvalue weighted by molar-refractivity contribution is 6.14. The second-order valence-corrected chi connectivity index (χ2v) is 6.71. The molecule has 5 N–H and O–H groups in total. The third kappa shape index (κ3) is 5.56. The van der Waals surface area contributed by atoms with E-state index in [9.17, 15) is 9.90 Å². The molecular formula is C21H27N3O3. The number of rotatable bonds is 8. The topological polar surface area (TPSA) is 108 Å². The van der Waals surface area contributed by atoms with Crippen LogP contribution in [-0.4, -0.2) is 28.9 Å². The second kappa shape index (κ2) is 8.68. The number of amides is 1. The number of hydrogen-bond donors (Lipinski definition) is 4. The number of aliphatic hydroxyl groups is 1. The fraction of sp³-hybridized carbons (Fsp3) is 0.333. The first kappa shape index (κ1) is 20.5. The lowest BCUT2D eigenvalue weighted by atomic mass is 9.98. The van der Waals surface area contributed by atoms with E-state index in [1.165, 1.54) is 0 Å². The maximum Gasteiger partial charge on any atom is 0.227 e. The van der Waals surface area contributed by atoms with E-state index in [4.69, 9.17) is 15.9 Å². The van der Waals surface area contributed by atoms with Gasteiger partial charge in [0, 0.05) is 22.5 Å². The molecule has 0 aliphatic rings. The Morgan fingerprint density at radius 1 is 1.26 bits per heavy atom. The van der Waals surface area contributed by atoms with Crippen LogP contribution in [0.1, 0.15) is 44.7 Å². The van der Waals surface area contributed by atoms with E-state index < -0.39 is 5.60 Å². The molecule has 0 saturated heterocycles. The minimum Gasteiger partial charge on any atom is -0.494 e. The summed E-state index contributed by atoms with van der Waals surface area (Å²) in [4.78, 5) is 12.2. The van der Waals surface area contributed by atoms with Crippen molar-refractivity contribution in [3.63, 3.8) is 0 Å². The molecule has 2 rings (SSSR count). The summed E-state index contributed by atoms with van der Waals surface area (Å²) in [6, 6.07) is 12.3. The first-order valence-electron chi connectivity index (χ1n) is 8.99. The number of carbonyl (C=O) groups excluding carboxylic acids is 1. The maximum absolute atomic E-state index is 12.2. The van der Waals surface area contributed by atoms with Gasteiger partial charge in [0.1, 0.15) is 5.75 Å². The van der Waals surface area contributed by atoms with E-state index in [0.29, 0.717) is 41.3 Å². The normalized spacial score (nSPS) is 12.9. The van der Waals surface area contributed by atoms with Crippen LogP contribution in [0.4, 0.5) is 11.4 Å². The number of nitrogen functional groups attached to an aromatic ring is 1. The molecule has 0 saturated carbocycles. The molecule has 1 unspecified atom stereocenters. The van der Waals surface area contributed by atoms with Gasteiger partial charge in [-0.1, -0.05) is 19.1 Å². The standard InChI is InChI=1S/C21H27N3O3/c1-4-21(3,26)13-19(25)24-15-9-10-18(22)17(12-15)20(23)14-7-6-8-16(11-14)27-5-2/h6-12,23,26H,4-5,13,22H2,1-3H3,(H,24,25).